The summed E-state index contributed by atoms with van der Waals surface area (Å²) in [5, 5.41) is 12.0. The Morgan fingerprint density at radius 3 is 2.58 bits per heavy atom. The van der Waals surface area contributed by atoms with Crippen molar-refractivity contribution < 1.29 is 14.3 Å². The van der Waals surface area contributed by atoms with E-state index in [1.54, 1.807) is 0 Å². The number of piperidine rings is 3. The van der Waals surface area contributed by atoms with E-state index in [0.717, 1.165) is 60.5 Å². The Balaban J connectivity index is 1.33. The topological polar surface area (TPSA) is 74.6 Å². The number of ether oxygens (including phenoxy) is 2. The van der Waals surface area contributed by atoms with Crippen LogP contribution < -0.4 is 10.1 Å². The van der Waals surface area contributed by atoms with Gasteiger partial charge in [0.2, 0.25) is 0 Å². The van der Waals surface area contributed by atoms with Gasteiger partial charge in [-0.25, -0.2) is 4.79 Å². The number of fused-ring (bicyclic) bond motifs is 4. The Morgan fingerprint density at radius 2 is 1.91 bits per heavy atom. The van der Waals surface area contributed by atoms with Gasteiger partial charge in [0.1, 0.15) is 11.9 Å². The highest BCUT2D eigenvalue weighted by Crippen LogP contribution is 2.44. The molecule has 4 heterocycles. The lowest BCUT2D eigenvalue weighted by Gasteiger charge is -2.44. The number of nitrogens with zero attached hydrogens (tertiary/aromatic N) is 2. The fourth-order valence-electron chi connectivity index (χ4n) is 5.36. The molecule has 0 saturated carbocycles. The Morgan fingerprint density at radius 1 is 1.18 bits per heavy atom. The zero-order valence-electron chi connectivity index (χ0n) is 19.3. The molecular weight excluding hydrogens is 414 g/mol. The molecule has 4 aliphatic rings. The predicted octanol–water partition coefficient (Wildman–Crippen LogP) is 4.70. The first-order valence-electron chi connectivity index (χ1n) is 11.9. The molecule has 6 rings (SSSR count). The minimum absolute atomic E-state index is 0.0127. The molecule has 1 N–H and O–H groups in total. The second kappa shape index (κ2) is 8.72. The van der Waals surface area contributed by atoms with Crippen molar-refractivity contribution in [2.45, 2.75) is 45.3 Å². The van der Waals surface area contributed by atoms with E-state index in [4.69, 9.17) is 14.7 Å². The average Bonchev–Trinajstić information content (AvgIpc) is 2.82. The molecule has 2 bridgehead atoms. The van der Waals surface area contributed by atoms with Crippen molar-refractivity contribution in [2.24, 2.45) is 11.3 Å². The third-order valence-corrected chi connectivity index (χ3v) is 7.39. The highest BCUT2D eigenvalue weighted by atomic mass is 16.6. The van der Waals surface area contributed by atoms with Gasteiger partial charge in [-0.1, -0.05) is 50.2 Å². The molecule has 0 aromatic heterocycles. The highest BCUT2D eigenvalue weighted by Gasteiger charge is 2.41. The summed E-state index contributed by atoms with van der Waals surface area (Å²) in [5.74, 6) is 1.28. The van der Waals surface area contributed by atoms with Crippen LogP contribution in [-0.2, 0) is 11.2 Å². The molecule has 6 nitrogen and oxygen atoms in total. The summed E-state index contributed by atoms with van der Waals surface area (Å²) in [6.07, 6.45) is 2.29. The van der Waals surface area contributed by atoms with Crippen LogP contribution >= 0.6 is 0 Å². The maximum Gasteiger partial charge on any atom is 0.407 e. The van der Waals surface area contributed by atoms with Crippen LogP contribution in [0.5, 0.6) is 5.75 Å². The number of alkyl carbamates (subject to hydrolysis) is 1. The molecule has 3 saturated heterocycles. The van der Waals surface area contributed by atoms with Crippen molar-refractivity contribution in [1.29, 1.82) is 5.26 Å². The normalized spacial score (nSPS) is 27.1. The SMILES string of the molecule is CC1(C)COc2cc(-c3ccc(CC#N)cc3)ccc2C1NC(=O)O[C@H]1CN2CCC1CC2. The second-order valence-corrected chi connectivity index (χ2v) is 10.2. The van der Waals surface area contributed by atoms with Crippen molar-refractivity contribution in [1.82, 2.24) is 10.2 Å². The summed E-state index contributed by atoms with van der Waals surface area (Å²) < 4.78 is 12.0. The summed E-state index contributed by atoms with van der Waals surface area (Å²) in [4.78, 5) is 15.3. The molecular formula is C27H31N3O3. The first-order valence-corrected chi connectivity index (χ1v) is 11.9. The minimum Gasteiger partial charge on any atom is -0.493 e. The van der Waals surface area contributed by atoms with Gasteiger partial charge < -0.3 is 14.8 Å². The smallest absolute Gasteiger partial charge is 0.407 e. The fraction of sp³-hybridized carbons (Fsp3) is 0.481. The molecule has 3 fully saturated rings. The molecule has 0 radical (unpaired) electrons. The van der Waals surface area contributed by atoms with E-state index >= 15 is 0 Å². The van der Waals surface area contributed by atoms with E-state index in [2.05, 4.69) is 36.2 Å². The Bertz CT molecular complexity index is 1070. The largest absolute Gasteiger partial charge is 0.493 e. The molecule has 0 spiro atoms. The van der Waals surface area contributed by atoms with Crippen LogP contribution in [0.15, 0.2) is 42.5 Å². The number of rotatable bonds is 4. The molecule has 2 aromatic rings. The summed E-state index contributed by atoms with van der Waals surface area (Å²) in [6, 6.07) is 16.2. The monoisotopic (exact) mass is 445 g/mol. The predicted molar refractivity (Wildman–Crippen MR) is 126 cm³/mol. The molecule has 33 heavy (non-hydrogen) atoms. The maximum atomic E-state index is 12.9. The van der Waals surface area contributed by atoms with E-state index in [9.17, 15) is 4.79 Å². The van der Waals surface area contributed by atoms with Crippen molar-refractivity contribution in [3.63, 3.8) is 0 Å². The van der Waals surface area contributed by atoms with E-state index in [-0.39, 0.29) is 23.7 Å². The third-order valence-electron chi connectivity index (χ3n) is 7.39. The van der Waals surface area contributed by atoms with Crippen LogP contribution in [0, 0.1) is 22.7 Å². The van der Waals surface area contributed by atoms with Crippen LogP contribution in [-0.4, -0.2) is 43.3 Å². The van der Waals surface area contributed by atoms with Gasteiger partial charge in [-0.2, -0.15) is 5.26 Å². The van der Waals surface area contributed by atoms with Crippen molar-refractivity contribution in [2.75, 3.05) is 26.2 Å². The fourth-order valence-corrected chi connectivity index (χ4v) is 5.36. The molecule has 0 aliphatic carbocycles. The summed E-state index contributed by atoms with van der Waals surface area (Å²) in [6.45, 7) is 7.82. The van der Waals surface area contributed by atoms with Gasteiger partial charge in [0, 0.05) is 17.5 Å². The standard InChI is InChI=1S/C27H31N3O3/c1-27(2)17-32-23-15-21(19-5-3-18(4-6-19)9-12-28)7-8-22(23)25(27)29-26(31)33-24-16-30-13-10-20(24)11-14-30/h3-8,15,20,24-25H,9-11,13-14,16-17H2,1-2H3,(H,29,31)/t24-,25?/m0/s1. The maximum absolute atomic E-state index is 12.9. The van der Waals surface area contributed by atoms with Crippen LogP contribution in [0.2, 0.25) is 0 Å². The van der Waals surface area contributed by atoms with E-state index in [1.807, 2.05) is 36.4 Å². The minimum atomic E-state index is -0.336. The van der Waals surface area contributed by atoms with E-state index in [1.165, 1.54) is 0 Å². The lowest BCUT2D eigenvalue weighted by Crippen LogP contribution is -2.53. The van der Waals surface area contributed by atoms with Crippen molar-refractivity contribution in [3.8, 4) is 22.9 Å². The van der Waals surface area contributed by atoms with Gasteiger partial charge >= 0.3 is 6.09 Å². The van der Waals surface area contributed by atoms with E-state index in [0.29, 0.717) is 18.9 Å². The molecule has 2 aromatic carbocycles. The number of carbonyl (C=O) groups excluding carboxylic acids is 1. The van der Waals surface area contributed by atoms with Crippen LogP contribution in [0.25, 0.3) is 11.1 Å². The molecule has 2 atom stereocenters. The summed E-state index contributed by atoms with van der Waals surface area (Å²) in [7, 11) is 0. The zero-order chi connectivity index (χ0) is 23.0. The number of nitriles is 1. The second-order valence-electron chi connectivity index (χ2n) is 10.2. The molecule has 172 valence electrons. The first-order chi connectivity index (χ1) is 15.9. The van der Waals surface area contributed by atoms with Gasteiger partial charge in [0.25, 0.3) is 0 Å². The Hall–Kier alpha value is -3.04. The van der Waals surface area contributed by atoms with Gasteiger partial charge in [-0.3, -0.25) is 4.90 Å². The number of amides is 1. The van der Waals surface area contributed by atoms with E-state index < -0.39 is 0 Å². The van der Waals surface area contributed by atoms with Crippen molar-refractivity contribution >= 4 is 6.09 Å². The van der Waals surface area contributed by atoms with Crippen LogP contribution in [0.3, 0.4) is 0 Å². The number of hydrogen-bond donors (Lipinski definition) is 1. The number of hydrogen-bond acceptors (Lipinski definition) is 5. The molecule has 6 heteroatoms. The first kappa shape index (κ1) is 21.8. The lowest BCUT2D eigenvalue weighted by atomic mass is 9.78. The average molecular weight is 446 g/mol. The van der Waals surface area contributed by atoms with Crippen LogP contribution in [0.4, 0.5) is 4.79 Å². The molecule has 1 amide bonds. The lowest BCUT2D eigenvalue weighted by molar-refractivity contribution is -0.0361. The Labute approximate surface area is 195 Å². The Kier molecular flexibility index (Phi) is 5.76. The van der Waals surface area contributed by atoms with Gasteiger partial charge in [0.15, 0.2) is 0 Å². The van der Waals surface area contributed by atoms with Gasteiger partial charge in [-0.15, -0.1) is 0 Å². The number of nitrogens with one attached hydrogen (secondary N) is 1. The summed E-state index contributed by atoms with van der Waals surface area (Å²) >= 11 is 0. The summed E-state index contributed by atoms with van der Waals surface area (Å²) in [5.41, 5.74) is 3.83. The van der Waals surface area contributed by atoms with Gasteiger partial charge in [0.05, 0.1) is 25.1 Å². The highest BCUT2D eigenvalue weighted by molar-refractivity contribution is 5.70. The number of carbonyl (C=O) groups is 1. The zero-order valence-corrected chi connectivity index (χ0v) is 19.3. The molecule has 4 aliphatic heterocycles. The van der Waals surface area contributed by atoms with Crippen LogP contribution in [0.1, 0.15) is 43.9 Å². The number of benzene rings is 2. The quantitative estimate of drug-likeness (QED) is 0.738. The van der Waals surface area contributed by atoms with Crippen molar-refractivity contribution in [3.05, 3.63) is 53.6 Å². The third kappa shape index (κ3) is 4.43. The molecule has 1 unspecified atom stereocenters. The van der Waals surface area contributed by atoms with Gasteiger partial charge in [-0.05, 0) is 54.6 Å².